The van der Waals surface area contributed by atoms with Crippen molar-refractivity contribution in [1.82, 2.24) is 10.1 Å². The lowest BCUT2D eigenvalue weighted by Crippen LogP contribution is -2.28. The Kier molecular flexibility index (Phi) is 2.21. The van der Waals surface area contributed by atoms with Crippen molar-refractivity contribution in [2.24, 2.45) is 0 Å². The molecule has 0 radical (unpaired) electrons. The molecule has 2 heterocycles. The van der Waals surface area contributed by atoms with Crippen LogP contribution in [0.25, 0.3) is 4.96 Å². The summed E-state index contributed by atoms with van der Waals surface area (Å²) in [5.74, 6) is 0. The SMILES string of the molecule is Cc1cc(C)[n+]2nc(S(=O)(=O)O)sc2n1. The molecule has 8 heteroatoms. The molecule has 0 aliphatic heterocycles. The van der Waals surface area contributed by atoms with E-state index in [1.807, 2.05) is 0 Å². The Bertz CT molecular complexity index is 632. The number of hydrogen-bond acceptors (Lipinski definition) is 5. The quantitative estimate of drug-likeness (QED) is 0.571. The average Bonchev–Trinajstić information content (AvgIpc) is 2.46. The Morgan fingerprint density at radius 1 is 1.47 bits per heavy atom. The van der Waals surface area contributed by atoms with Crippen molar-refractivity contribution >= 4 is 26.4 Å². The smallest absolute Gasteiger partial charge is 0.280 e. The van der Waals surface area contributed by atoms with Crippen LogP contribution < -0.4 is 4.52 Å². The molecule has 0 atom stereocenters. The topological polar surface area (TPSA) is 84.2 Å². The third kappa shape index (κ3) is 1.83. The summed E-state index contributed by atoms with van der Waals surface area (Å²) in [6.07, 6.45) is 0. The first-order chi connectivity index (χ1) is 6.88. The van der Waals surface area contributed by atoms with Crippen LogP contribution in [0.2, 0.25) is 0 Å². The highest BCUT2D eigenvalue weighted by atomic mass is 32.3. The normalized spacial score (nSPS) is 12.2. The van der Waals surface area contributed by atoms with E-state index in [4.69, 9.17) is 4.55 Å². The van der Waals surface area contributed by atoms with Gasteiger partial charge in [0, 0.05) is 19.9 Å². The molecule has 2 aromatic rings. The first kappa shape index (κ1) is 10.4. The van der Waals surface area contributed by atoms with Crippen LogP contribution in [0.1, 0.15) is 11.4 Å². The van der Waals surface area contributed by atoms with E-state index in [-0.39, 0.29) is 4.34 Å². The van der Waals surface area contributed by atoms with Crippen molar-refractivity contribution < 1.29 is 17.5 Å². The lowest BCUT2D eigenvalue weighted by atomic mass is 10.4. The fourth-order valence-electron chi connectivity index (χ4n) is 1.22. The molecule has 0 fully saturated rings. The van der Waals surface area contributed by atoms with Gasteiger partial charge in [-0.1, -0.05) is 9.61 Å². The summed E-state index contributed by atoms with van der Waals surface area (Å²) in [4.78, 5) is 4.56. The van der Waals surface area contributed by atoms with Crippen LogP contribution in [0, 0.1) is 13.8 Å². The molecule has 0 amide bonds. The molecule has 0 aliphatic carbocycles. The van der Waals surface area contributed by atoms with Crippen molar-refractivity contribution in [3.8, 4) is 0 Å². The maximum Gasteiger partial charge on any atom is 0.411 e. The minimum absolute atomic E-state index is 0.344. The third-order valence-corrected chi connectivity index (χ3v) is 3.89. The molecule has 15 heavy (non-hydrogen) atoms. The van der Waals surface area contributed by atoms with Gasteiger partial charge in [0.1, 0.15) is 5.69 Å². The Labute approximate surface area is 90.0 Å². The van der Waals surface area contributed by atoms with Crippen LogP contribution in [-0.2, 0) is 10.1 Å². The highest BCUT2D eigenvalue weighted by Crippen LogP contribution is 2.14. The zero-order chi connectivity index (χ0) is 11.2. The summed E-state index contributed by atoms with van der Waals surface area (Å²) in [5, 5.41) is 3.76. The largest absolute Gasteiger partial charge is 0.411 e. The predicted molar refractivity (Wildman–Crippen MR) is 52.4 cm³/mol. The monoisotopic (exact) mass is 246 g/mol. The summed E-state index contributed by atoms with van der Waals surface area (Å²) in [6, 6.07) is 1.78. The van der Waals surface area contributed by atoms with E-state index < -0.39 is 10.1 Å². The van der Waals surface area contributed by atoms with Crippen LogP contribution >= 0.6 is 11.3 Å². The van der Waals surface area contributed by atoms with Gasteiger partial charge < -0.3 is 0 Å². The summed E-state index contributed by atoms with van der Waals surface area (Å²) in [7, 11) is -4.25. The van der Waals surface area contributed by atoms with Gasteiger partial charge >= 0.3 is 15.1 Å². The predicted octanol–water partition coefficient (Wildman–Crippen LogP) is 0.140. The van der Waals surface area contributed by atoms with Gasteiger partial charge in [-0.05, 0) is 16.3 Å². The maximum absolute atomic E-state index is 10.9. The fraction of sp³-hybridized carbons (Fsp3) is 0.286. The molecule has 0 unspecified atom stereocenters. The van der Waals surface area contributed by atoms with E-state index in [0.29, 0.717) is 4.96 Å². The average molecular weight is 246 g/mol. The van der Waals surface area contributed by atoms with E-state index >= 15 is 0 Å². The zero-order valence-electron chi connectivity index (χ0n) is 8.00. The van der Waals surface area contributed by atoms with E-state index in [0.717, 1.165) is 22.7 Å². The summed E-state index contributed by atoms with van der Waals surface area (Å²) >= 11 is 0.835. The number of hydrogen-bond donors (Lipinski definition) is 1. The minimum Gasteiger partial charge on any atom is -0.280 e. The Hall–Kier alpha value is -1.12. The number of aryl methyl sites for hydroxylation is 2. The molecule has 0 aliphatic rings. The van der Waals surface area contributed by atoms with Crippen molar-refractivity contribution in [3.63, 3.8) is 0 Å². The molecule has 6 nitrogen and oxygen atoms in total. The standard InChI is InChI=1S/C7H7N3O3S2/c1-4-3-5(2)10-6(8-4)14-7(9-10)15(11,12)13/h3H,1-2H3/p+1. The zero-order valence-corrected chi connectivity index (χ0v) is 9.63. The van der Waals surface area contributed by atoms with E-state index in [9.17, 15) is 8.42 Å². The molecule has 2 aromatic heterocycles. The third-order valence-electron chi connectivity index (χ3n) is 1.79. The van der Waals surface area contributed by atoms with Crippen LogP contribution in [0.4, 0.5) is 0 Å². The molecular weight excluding hydrogens is 238 g/mol. The van der Waals surface area contributed by atoms with Crippen LogP contribution in [-0.4, -0.2) is 23.1 Å². The van der Waals surface area contributed by atoms with E-state index in [1.165, 1.54) is 4.52 Å². The van der Waals surface area contributed by atoms with Gasteiger partial charge in [-0.3, -0.25) is 4.55 Å². The molecule has 0 saturated heterocycles. The number of fused-ring (bicyclic) bond motifs is 1. The summed E-state index contributed by atoms with van der Waals surface area (Å²) < 4.78 is 31.6. The summed E-state index contributed by atoms with van der Waals surface area (Å²) in [6.45, 7) is 3.59. The van der Waals surface area contributed by atoms with Gasteiger partial charge in [-0.2, -0.15) is 8.42 Å². The second-order valence-electron chi connectivity index (χ2n) is 3.08. The fourth-order valence-corrected chi connectivity index (χ4v) is 2.79. The van der Waals surface area contributed by atoms with Gasteiger partial charge in [-0.25, -0.2) is 0 Å². The van der Waals surface area contributed by atoms with Gasteiger partial charge in [0.25, 0.3) is 4.34 Å². The Morgan fingerprint density at radius 2 is 2.13 bits per heavy atom. The van der Waals surface area contributed by atoms with E-state index in [2.05, 4.69) is 10.1 Å². The molecule has 0 bridgehead atoms. The van der Waals surface area contributed by atoms with Crippen molar-refractivity contribution in [2.45, 2.75) is 18.2 Å². The first-order valence-corrected chi connectivity index (χ1v) is 6.28. The Morgan fingerprint density at radius 3 is 2.73 bits per heavy atom. The molecular formula is C7H8N3O3S2+. The number of rotatable bonds is 1. The highest BCUT2D eigenvalue weighted by Gasteiger charge is 2.23. The van der Waals surface area contributed by atoms with Gasteiger partial charge in [0.15, 0.2) is 5.69 Å². The first-order valence-electron chi connectivity index (χ1n) is 4.02. The number of aromatic nitrogens is 3. The molecule has 0 spiro atoms. The summed E-state index contributed by atoms with van der Waals surface area (Å²) in [5.41, 5.74) is 1.54. The van der Waals surface area contributed by atoms with Crippen molar-refractivity contribution in [3.05, 3.63) is 17.5 Å². The number of nitrogens with zero attached hydrogens (tertiary/aromatic N) is 3. The minimum atomic E-state index is -4.25. The lowest BCUT2D eigenvalue weighted by Gasteiger charge is -1.87. The van der Waals surface area contributed by atoms with Crippen LogP contribution in [0.3, 0.4) is 0 Å². The molecule has 0 saturated carbocycles. The molecule has 80 valence electrons. The second-order valence-corrected chi connectivity index (χ2v) is 5.63. The Balaban J connectivity index is 2.82. The van der Waals surface area contributed by atoms with Gasteiger partial charge in [-0.15, -0.1) is 0 Å². The molecule has 0 aromatic carbocycles. The highest BCUT2D eigenvalue weighted by molar-refractivity contribution is 7.88. The van der Waals surface area contributed by atoms with Crippen LogP contribution in [0.15, 0.2) is 10.4 Å². The van der Waals surface area contributed by atoms with Gasteiger partial charge in [0.05, 0.1) is 0 Å². The maximum atomic E-state index is 10.9. The lowest BCUT2D eigenvalue weighted by molar-refractivity contribution is -0.588. The second kappa shape index (κ2) is 3.19. The van der Waals surface area contributed by atoms with Crippen molar-refractivity contribution in [1.29, 1.82) is 0 Å². The van der Waals surface area contributed by atoms with E-state index in [1.54, 1.807) is 19.9 Å². The van der Waals surface area contributed by atoms with Crippen molar-refractivity contribution in [2.75, 3.05) is 0 Å². The molecule has 1 N–H and O–H groups in total. The van der Waals surface area contributed by atoms with Gasteiger partial charge in [0.2, 0.25) is 0 Å². The molecule has 2 rings (SSSR count). The van der Waals surface area contributed by atoms with Crippen LogP contribution in [0.5, 0.6) is 0 Å².